The van der Waals surface area contributed by atoms with Crippen LogP contribution in [0.4, 0.5) is 5.69 Å². The van der Waals surface area contributed by atoms with Crippen molar-refractivity contribution in [2.45, 2.75) is 6.42 Å². The Hall–Kier alpha value is -1.37. The third kappa shape index (κ3) is 5.64. The Balaban J connectivity index is 2.69. The third-order valence-electron chi connectivity index (χ3n) is 2.90. The van der Waals surface area contributed by atoms with E-state index in [9.17, 15) is 13.2 Å². The van der Waals surface area contributed by atoms with Gasteiger partial charge >= 0.3 is 0 Å². The van der Waals surface area contributed by atoms with Crippen LogP contribution < -0.4 is 5.32 Å². The fourth-order valence-electron chi connectivity index (χ4n) is 1.62. The number of carbonyl (C=O) groups excluding carboxylic acids is 1. The number of likely N-dealkylation sites (N-methyl/N-ethyl adjacent to an activating group) is 1. The van der Waals surface area contributed by atoms with E-state index >= 15 is 0 Å². The van der Waals surface area contributed by atoms with Crippen molar-refractivity contribution in [1.82, 2.24) is 8.61 Å². The highest BCUT2D eigenvalue weighted by Crippen LogP contribution is 2.24. The molecule has 10 heteroatoms. The molecule has 0 atom stereocenters. The zero-order chi connectivity index (χ0) is 17.6. The molecule has 0 saturated carbocycles. The van der Waals surface area contributed by atoms with Crippen molar-refractivity contribution in [2.24, 2.45) is 0 Å². The van der Waals surface area contributed by atoms with Crippen molar-refractivity contribution in [1.29, 1.82) is 5.26 Å². The third-order valence-corrected chi connectivity index (χ3v) is 5.52. The highest BCUT2D eigenvalue weighted by atomic mass is 35.5. The number of carbonyl (C=O) groups is 1. The summed E-state index contributed by atoms with van der Waals surface area (Å²) in [6.45, 7) is -0.322. The van der Waals surface area contributed by atoms with Crippen molar-refractivity contribution < 1.29 is 13.2 Å². The molecule has 0 radical (unpaired) electrons. The Morgan fingerprint density at radius 2 is 1.91 bits per heavy atom. The minimum absolute atomic E-state index is 0.0532. The van der Waals surface area contributed by atoms with E-state index in [1.165, 1.54) is 26.2 Å². The molecule has 0 saturated heterocycles. The van der Waals surface area contributed by atoms with Crippen molar-refractivity contribution in [3.8, 4) is 6.07 Å². The Morgan fingerprint density at radius 1 is 1.26 bits per heavy atom. The normalized spacial score (nSPS) is 11.5. The number of amides is 1. The van der Waals surface area contributed by atoms with Gasteiger partial charge < -0.3 is 5.32 Å². The first-order chi connectivity index (χ1) is 10.7. The number of nitrogens with zero attached hydrogens (tertiary/aromatic N) is 3. The summed E-state index contributed by atoms with van der Waals surface area (Å²) in [5.41, 5.74) is 0.410. The predicted octanol–water partition coefficient (Wildman–Crippen LogP) is 1.95. The lowest BCUT2D eigenvalue weighted by Gasteiger charge is -2.23. The quantitative estimate of drug-likeness (QED) is 0.784. The number of nitriles is 1. The van der Waals surface area contributed by atoms with Gasteiger partial charge in [-0.3, -0.25) is 4.79 Å². The number of rotatable bonds is 7. The van der Waals surface area contributed by atoms with Gasteiger partial charge in [0.15, 0.2) is 0 Å². The zero-order valence-corrected chi connectivity index (χ0v) is 14.9. The highest BCUT2D eigenvalue weighted by Gasteiger charge is 2.25. The van der Waals surface area contributed by atoms with Crippen LogP contribution in [0.1, 0.15) is 6.42 Å². The summed E-state index contributed by atoms with van der Waals surface area (Å²) in [6.07, 6.45) is 0.0685. The summed E-state index contributed by atoms with van der Waals surface area (Å²) in [4.78, 5) is 11.9. The van der Waals surface area contributed by atoms with E-state index in [0.717, 1.165) is 8.61 Å². The number of halogens is 2. The molecule has 0 aliphatic carbocycles. The van der Waals surface area contributed by atoms with Crippen LogP contribution in [0.15, 0.2) is 18.2 Å². The van der Waals surface area contributed by atoms with Gasteiger partial charge in [-0.2, -0.15) is 22.3 Å². The van der Waals surface area contributed by atoms with Gasteiger partial charge in [-0.15, -0.1) is 0 Å². The molecule has 1 N–H and O–H groups in total. The first-order valence-corrected chi connectivity index (χ1v) is 8.63. The predicted molar refractivity (Wildman–Crippen MR) is 89.5 cm³/mol. The second-order valence-corrected chi connectivity index (χ2v) is 7.63. The van der Waals surface area contributed by atoms with Gasteiger partial charge in [-0.25, -0.2) is 0 Å². The standard InChI is InChI=1S/C13H16Cl2N4O3S/c1-18(7-3-6-16)23(21,22)19(2)9-13(20)17-10-4-5-11(14)12(15)8-10/h4-5,8H,3,7,9H2,1-2H3,(H,17,20). The van der Waals surface area contributed by atoms with E-state index in [2.05, 4.69) is 5.32 Å². The molecule has 0 spiro atoms. The average Bonchev–Trinajstić information content (AvgIpc) is 2.48. The number of nitrogens with one attached hydrogen (secondary N) is 1. The number of hydrogen-bond donors (Lipinski definition) is 1. The van der Waals surface area contributed by atoms with Gasteiger partial charge in [0.25, 0.3) is 10.2 Å². The van der Waals surface area contributed by atoms with Crippen LogP contribution in [0.5, 0.6) is 0 Å². The van der Waals surface area contributed by atoms with Gasteiger partial charge in [-0.1, -0.05) is 23.2 Å². The smallest absolute Gasteiger partial charge is 0.281 e. The van der Waals surface area contributed by atoms with Crippen LogP contribution in [-0.4, -0.2) is 50.1 Å². The molecule has 1 rings (SSSR count). The lowest BCUT2D eigenvalue weighted by molar-refractivity contribution is -0.116. The summed E-state index contributed by atoms with van der Waals surface area (Å²) in [6, 6.07) is 6.41. The Morgan fingerprint density at radius 3 is 2.48 bits per heavy atom. The zero-order valence-electron chi connectivity index (χ0n) is 12.6. The molecule has 0 aromatic heterocycles. The first kappa shape index (κ1) is 19.7. The SMILES string of the molecule is CN(CCC#N)S(=O)(=O)N(C)CC(=O)Nc1ccc(Cl)c(Cl)c1. The topological polar surface area (TPSA) is 93.5 Å². The summed E-state index contributed by atoms with van der Waals surface area (Å²) in [5, 5.41) is 11.7. The minimum atomic E-state index is -3.81. The molecule has 23 heavy (non-hydrogen) atoms. The second kappa shape index (κ2) is 8.47. The van der Waals surface area contributed by atoms with E-state index < -0.39 is 16.1 Å². The Kier molecular flexibility index (Phi) is 7.25. The summed E-state index contributed by atoms with van der Waals surface area (Å²) in [7, 11) is -1.17. The summed E-state index contributed by atoms with van der Waals surface area (Å²) < 4.78 is 26.2. The molecular formula is C13H16Cl2N4O3S. The van der Waals surface area contributed by atoms with Crippen molar-refractivity contribution in [3.63, 3.8) is 0 Å². The monoisotopic (exact) mass is 378 g/mol. The fraction of sp³-hybridized carbons (Fsp3) is 0.385. The van der Waals surface area contributed by atoms with Gasteiger partial charge in [0, 0.05) is 32.7 Å². The van der Waals surface area contributed by atoms with Crippen LogP contribution >= 0.6 is 23.2 Å². The van der Waals surface area contributed by atoms with E-state index in [4.69, 9.17) is 28.5 Å². The van der Waals surface area contributed by atoms with Gasteiger partial charge in [0.05, 0.1) is 22.7 Å². The fourth-order valence-corrected chi connectivity index (χ4v) is 3.00. The van der Waals surface area contributed by atoms with Crippen LogP contribution in [0.2, 0.25) is 10.0 Å². The van der Waals surface area contributed by atoms with E-state index in [1.807, 2.05) is 6.07 Å². The molecule has 0 unspecified atom stereocenters. The highest BCUT2D eigenvalue weighted by molar-refractivity contribution is 7.86. The van der Waals surface area contributed by atoms with E-state index in [0.29, 0.717) is 10.7 Å². The minimum Gasteiger partial charge on any atom is -0.325 e. The van der Waals surface area contributed by atoms with E-state index in [-0.39, 0.29) is 24.5 Å². The van der Waals surface area contributed by atoms with Crippen LogP contribution in [0, 0.1) is 11.3 Å². The molecule has 0 fully saturated rings. The number of benzene rings is 1. The molecule has 0 aliphatic rings. The van der Waals surface area contributed by atoms with E-state index in [1.54, 1.807) is 6.07 Å². The van der Waals surface area contributed by atoms with Crippen LogP contribution in [0.3, 0.4) is 0 Å². The van der Waals surface area contributed by atoms with Crippen molar-refractivity contribution in [2.75, 3.05) is 32.5 Å². The number of hydrogen-bond acceptors (Lipinski definition) is 4. The summed E-state index contributed by atoms with van der Waals surface area (Å²) in [5.74, 6) is -0.525. The largest absolute Gasteiger partial charge is 0.325 e. The first-order valence-electron chi connectivity index (χ1n) is 6.48. The average molecular weight is 379 g/mol. The molecule has 1 aromatic rings. The lowest BCUT2D eigenvalue weighted by atomic mass is 10.3. The second-order valence-electron chi connectivity index (χ2n) is 4.67. The van der Waals surface area contributed by atoms with Gasteiger partial charge in [0.2, 0.25) is 5.91 Å². The van der Waals surface area contributed by atoms with Gasteiger partial charge in [0.1, 0.15) is 0 Å². The lowest BCUT2D eigenvalue weighted by Crippen LogP contribution is -2.43. The molecule has 0 heterocycles. The molecule has 1 aromatic carbocycles. The van der Waals surface area contributed by atoms with Gasteiger partial charge in [-0.05, 0) is 18.2 Å². The maximum absolute atomic E-state index is 12.1. The summed E-state index contributed by atoms with van der Waals surface area (Å²) >= 11 is 11.6. The molecular weight excluding hydrogens is 363 g/mol. The molecule has 7 nitrogen and oxygen atoms in total. The van der Waals surface area contributed by atoms with Crippen molar-refractivity contribution >= 4 is 45.0 Å². The Labute approximate surface area is 145 Å². The van der Waals surface area contributed by atoms with Crippen LogP contribution in [-0.2, 0) is 15.0 Å². The molecule has 0 bridgehead atoms. The number of anilines is 1. The molecule has 126 valence electrons. The molecule has 1 amide bonds. The maximum atomic E-state index is 12.1. The molecule has 0 aliphatic heterocycles. The van der Waals surface area contributed by atoms with Crippen LogP contribution in [0.25, 0.3) is 0 Å². The van der Waals surface area contributed by atoms with Crippen molar-refractivity contribution in [3.05, 3.63) is 28.2 Å². The maximum Gasteiger partial charge on any atom is 0.281 e. The Bertz CT molecular complexity index is 718.